The van der Waals surface area contributed by atoms with Gasteiger partial charge in [-0.15, -0.1) is 0 Å². The summed E-state index contributed by atoms with van der Waals surface area (Å²) in [5, 5.41) is 6.36. The van der Waals surface area contributed by atoms with E-state index in [1.165, 1.54) is 5.56 Å². The molecule has 28 heavy (non-hydrogen) atoms. The molecule has 2 aromatic rings. The van der Waals surface area contributed by atoms with Gasteiger partial charge < -0.3 is 19.9 Å². The Kier molecular flexibility index (Phi) is 4.43. The van der Waals surface area contributed by atoms with Crippen molar-refractivity contribution in [2.45, 2.75) is 38.3 Å². The van der Waals surface area contributed by atoms with Gasteiger partial charge in [-0.2, -0.15) is 0 Å². The minimum atomic E-state index is -0.303. The molecule has 1 aromatic heterocycles. The Hall–Kier alpha value is -2.60. The van der Waals surface area contributed by atoms with Crippen molar-refractivity contribution >= 4 is 5.91 Å². The molecule has 1 fully saturated rings. The molecule has 4 heterocycles. The van der Waals surface area contributed by atoms with Gasteiger partial charge >= 0.3 is 0 Å². The third-order valence-electron chi connectivity index (χ3n) is 6.18. The van der Waals surface area contributed by atoms with E-state index in [1.807, 2.05) is 22.8 Å². The summed E-state index contributed by atoms with van der Waals surface area (Å²) >= 11 is 0. The molecule has 0 unspecified atom stereocenters. The zero-order valence-corrected chi connectivity index (χ0v) is 15.9. The summed E-state index contributed by atoms with van der Waals surface area (Å²) in [6.07, 6.45) is 3.15. The van der Waals surface area contributed by atoms with Crippen LogP contribution < -0.4 is 20.9 Å². The largest absolute Gasteiger partial charge is 0.493 e. The number of carbonyl (C=O) groups excluding carboxylic acids is 1. The zero-order chi connectivity index (χ0) is 19.1. The van der Waals surface area contributed by atoms with Crippen molar-refractivity contribution in [3.63, 3.8) is 0 Å². The Morgan fingerprint density at radius 2 is 2.18 bits per heavy atom. The maximum absolute atomic E-state index is 13.0. The Bertz CT molecular complexity index is 981. The second kappa shape index (κ2) is 7.09. The molecular formula is C22H25N3O3. The molecule has 1 amide bonds. The van der Waals surface area contributed by atoms with Gasteiger partial charge in [0.1, 0.15) is 11.3 Å². The number of pyridine rings is 1. The summed E-state index contributed by atoms with van der Waals surface area (Å²) < 4.78 is 7.46. The third-order valence-corrected chi connectivity index (χ3v) is 6.18. The van der Waals surface area contributed by atoms with Gasteiger partial charge in [0, 0.05) is 31.2 Å². The first kappa shape index (κ1) is 17.5. The van der Waals surface area contributed by atoms with Crippen LogP contribution in [0.5, 0.6) is 5.75 Å². The van der Waals surface area contributed by atoms with E-state index < -0.39 is 0 Å². The summed E-state index contributed by atoms with van der Waals surface area (Å²) in [5.41, 5.74) is 3.34. The number of hydrogen-bond acceptors (Lipinski definition) is 4. The van der Waals surface area contributed by atoms with Gasteiger partial charge in [-0.05, 0) is 61.1 Å². The van der Waals surface area contributed by atoms with Crippen LogP contribution >= 0.6 is 0 Å². The highest BCUT2D eigenvalue weighted by Crippen LogP contribution is 2.31. The molecule has 3 aliphatic heterocycles. The summed E-state index contributed by atoms with van der Waals surface area (Å²) in [7, 11) is 0. The number of benzene rings is 1. The predicted molar refractivity (Wildman–Crippen MR) is 106 cm³/mol. The number of piperidine rings is 1. The molecule has 2 N–H and O–H groups in total. The minimum Gasteiger partial charge on any atom is -0.493 e. The molecule has 0 saturated carbocycles. The molecule has 1 saturated heterocycles. The van der Waals surface area contributed by atoms with Gasteiger partial charge in [-0.3, -0.25) is 9.59 Å². The second-order valence-corrected chi connectivity index (χ2v) is 8.12. The number of nitrogens with zero attached hydrogens (tertiary/aromatic N) is 1. The predicted octanol–water partition coefficient (Wildman–Crippen LogP) is 1.81. The number of hydrogen-bond donors (Lipinski definition) is 2. The highest BCUT2D eigenvalue weighted by Gasteiger charge is 2.31. The molecule has 3 aliphatic rings. The summed E-state index contributed by atoms with van der Waals surface area (Å²) in [4.78, 5) is 25.7. The van der Waals surface area contributed by atoms with E-state index in [-0.39, 0.29) is 17.0 Å². The number of ether oxygens (including phenoxy) is 1. The first-order valence-electron chi connectivity index (χ1n) is 10.2. The lowest BCUT2D eigenvalue weighted by molar-refractivity contribution is 0.0948. The van der Waals surface area contributed by atoms with Crippen LogP contribution in [0.4, 0.5) is 0 Å². The molecule has 5 rings (SSSR count). The van der Waals surface area contributed by atoms with Crippen molar-refractivity contribution in [1.29, 1.82) is 0 Å². The molecule has 1 aromatic carbocycles. The van der Waals surface area contributed by atoms with Gasteiger partial charge in [-0.25, -0.2) is 0 Å². The van der Waals surface area contributed by atoms with Crippen LogP contribution in [0, 0.1) is 5.92 Å². The Morgan fingerprint density at radius 3 is 3.11 bits per heavy atom. The van der Waals surface area contributed by atoms with Crippen LogP contribution in [-0.4, -0.2) is 30.2 Å². The molecule has 2 bridgehead atoms. The van der Waals surface area contributed by atoms with Crippen molar-refractivity contribution in [3.05, 3.63) is 63.1 Å². The van der Waals surface area contributed by atoms with Crippen LogP contribution in [0.2, 0.25) is 0 Å². The maximum Gasteiger partial charge on any atom is 0.263 e. The fraction of sp³-hybridized carbons (Fsp3) is 0.455. The molecule has 2 atom stereocenters. The second-order valence-electron chi connectivity index (χ2n) is 8.12. The van der Waals surface area contributed by atoms with Crippen molar-refractivity contribution in [3.8, 4) is 5.75 Å². The highest BCUT2D eigenvalue weighted by molar-refractivity contribution is 5.93. The first-order chi connectivity index (χ1) is 13.7. The van der Waals surface area contributed by atoms with Gasteiger partial charge in [0.25, 0.3) is 11.5 Å². The van der Waals surface area contributed by atoms with Gasteiger partial charge in [0.15, 0.2) is 0 Å². The highest BCUT2D eigenvalue weighted by atomic mass is 16.5. The monoisotopic (exact) mass is 379 g/mol. The van der Waals surface area contributed by atoms with Gasteiger partial charge in [0.05, 0.1) is 6.61 Å². The zero-order valence-electron chi connectivity index (χ0n) is 15.9. The SMILES string of the molecule is O=C(NCc1ccc2c(c1)CCCO2)c1ccc2n(c1=O)C[C@@H]1CNC[C@H]2C1. The van der Waals surface area contributed by atoms with Crippen LogP contribution in [0.25, 0.3) is 0 Å². The third kappa shape index (κ3) is 3.11. The first-order valence-corrected chi connectivity index (χ1v) is 10.2. The number of fused-ring (bicyclic) bond motifs is 5. The fourth-order valence-corrected chi connectivity index (χ4v) is 4.76. The molecule has 6 heteroatoms. The van der Waals surface area contributed by atoms with Crippen molar-refractivity contribution in [2.24, 2.45) is 5.92 Å². The van der Waals surface area contributed by atoms with E-state index in [4.69, 9.17) is 4.74 Å². The number of rotatable bonds is 3. The number of aryl methyl sites for hydroxylation is 1. The standard InChI is InChI=1S/C22H25N3O3/c26-21(24-11-14-3-6-20-16(8-14)2-1-7-28-20)18-4-5-19-17-9-15(10-23-12-17)13-25(19)22(18)27/h3-6,8,15,17,23H,1-2,7,9-13H2,(H,24,26)/t15-,17+/m0/s1. The van der Waals surface area contributed by atoms with E-state index in [2.05, 4.69) is 16.7 Å². The molecule has 0 aliphatic carbocycles. The van der Waals surface area contributed by atoms with E-state index in [0.717, 1.165) is 56.0 Å². The van der Waals surface area contributed by atoms with Crippen LogP contribution in [-0.2, 0) is 19.5 Å². The van der Waals surface area contributed by atoms with E-state index in [1.54, 1.807) is 6.07 Å². The average molecular weight is 379 g/mol. The van der Waals surface area contributed by atoms with Crippen molar-refractivity contribution in [2.75, 3.05) is 19.7 Å². The summed E-state index contributed by atoms with van der Waals surface area (Å²) in [6, 6.07) is 9.68. The Labute approximate surface area is 163 Å². The lowest BCUT2D eigenvalue weighted by atomic mass is 9.84. The van der Waals surface area contributed by atoms with E-state index >= 15 is 0 Å². The smallest absolute Gasteiger partial charge is 0.263 e. The number of amides is 1. The molecule has 146 valence electrons. The maximum atomic E-state index is 13.0. The van der Waals surface area contributed by atoms with Crippen molar-refractivity contribution in [1.82, 2.24) is 15.2 Å². The molecule has 0 spiro atoms. The molecule has 6 nitrogen and oxygen atoms in total. The Morgan fingerprint density at radius 1 is 1.25 bits per heavy atom. The quantitative estimate of drug-likeness (QED) is 0.853. The fourth-order valence-electron chi connectivity index (χ4n) is 4.76. The van der Waals surface area contributed by atoms with E-state index in [9.17, 15) is 9.59 Å². The van der Waals surface area contributed by atoms with Gasteiger partial charge in [-0.1, -0.05) is 12.1 Å². The Balaban J connectivity index is 1.33. The number of nitrogens with one attached hydrogen (secondary N) is 2. The minimum absolute atomic E-state index is 0.162. The summed E-state index contributed by atoms with van der Waals surface area (Å²) in [5.74, 6) is 1.48. The lowest BCUT2D eigenvalue weighted by Crippen LogP contribution is -2.46. The van der Waals surface area contributed by atoms with Crippen molar-refractivity contribution < 1.29 is 9.53 Å². The normalized spacial score (nSPS) is 22.6. The topological polar surface area (TPSA) is 72.4 Å². The number of aromatic nitrogens is 1. The summed E-state index contributed by atoms with van der Waals surface area (Å²) in [6.45, 7) is 3.72. The van der Waals surface area contributed by atoms with Crippen LogP contribution in [0.3, 0.4) is 0 Å². The lowest BCUT2D eigenvalue weighted by Gasteiger charge is -2.37. The van der Waals surface area contributed by atoms with E-state index in [0.29, 0.717) is 24.9 Å². The van der Waals surface area contributed by atoms with Crippen LogP contribution in [0.15, 0.2) is 35.1 Å². The molecule has 0 radical (unpaired) electrons. The number of carbonyl (C=O) groups is 1. The van der Waals surface area contributed by atoms with Gasteiger partial charge in [0.2, 0.25) is 0 Å². The average Bonchev–Trinajstić information content (AvgIpc) is 2.73. The molecular weight excluding hydrogens is 354 g/mol. The van der Waals surface area contributed by atoms with Crippen LogP contribution in [0.1, 0.15) is 45.9 Å².